The van der Waals surface area contributed by atoms with Gasteiger partial charge in [-0.3, -0.25) is 9.69 Å². The van der Waals surface area contributed by atoms with E-state index in [2.05, 4.69) is 46.2 Å². The summed E-state index contributed by atoms with van der Waals surface area (Å²) in [5, 5.41) is 7.03. The molecule has 1 aliphatic rings. The molecule has 3 heterocycles. The summed E-state index contributed by atoms with van der Waals surface area (Å²) in [7, 11) is 0. The van der Waals surface area contributed by atoms with E-state index in [1.54, 1.807) is 11.3 Å². The average molecular weight is 411 g/mol. The van der Waals surface area contributed by atoms with Crippen LogP contribution in [0.2, 0.25) is 0 Å². The Morgan fingerprint density at radius 3 is 2.55 bits per heavy atom. The van der Waals surface area contributed by atoms with Crippen LogP contribution in [0.3, 0.4) is 0 Å². The molecule has 0 bridgehead atoms. The van der Waals surface area contributed by atoms with Crippen molar-refractivity contribution in [3.05, 3.63) is 58.4 Å². The first kappa shape index (κ1) is 19.8. The number of hydrogen-bond donors (Lipinski definition) is 0. The van der Waals surface area contributed by atoms with Crippen molar-refractivity contribution < 1.29 is 9.32 Å². The van der Waals surface area contributed by atoms with Crippen LogP contribution in [0.25, 0.3) is 10.6 Å². The maximum Gasteiger partial charge on any atom is 0.228 e. The Balaban J connectivity index is 1.29. The molecule has 0 spiro atoms. The van der Waals surface area contributed by atoms with E-state index in [1.807, 2.05) is 23.3 Å². The van der Waals surface area contributed by atoms with E-state index in [9.17, 15) is 4.79 Å². The minimum Gasteiger partial charge on any atom is -0.361 e. The first-order valence-electron chi connectivity index (χ1n) is 10.1. The molecule has 6 nitrogen and oxygen atoms in total. The van der Waals surface area contributed by atoms with Crippen LogP contribution in [-0.4, -0.2) is 52.0 Å². The summed E-state index contributed by atoms with van der Waals surface area (Å²) in [5.74, 6) is 0.984. The first-order valence-corrected chi connectivity index (χ1v) is 10.9. The molecule has 0 N–H and O–H groups in total. The molecule has 4 rings (SSSR count). The fourth-order valence-corrected chi connectivity index (χ4v) is 4.37. The maximum atomic E-state index is 12.7. The minimum atomic E-state index is 0.153. The number of carbonyl (C=O) groups is 1. The zero-order valence-electron chi connectivity index (χ0n) is 16.9. The number of carbonyl (C=O) groups excluding carboxylic acids is 1. The van der Waals surface area contributed by atoms with Crippen LogP contribution in [0.4, 0.5) is 0 Å². The van der Waals surface area contributed by atoms with Crippen LogP contribution in [0.1, 0.15) is 29.6 Å². The number of piperazine rings is 1. The van der Waals surface area contributed by atoms with Crippen LogP contribution in [0.5, 0.6) is 0 Å². The molecule has 0 radical (unpaired) electrons. The van der Waals surface area contributed by atoms with Crippen molar-refractivity contribution in [1.82, 2.24) is 19.9 Å². The predicted octanol–water partition coefficient (Wildman–Crippen LogP) is 3.56. The van der Waals surface area contributed by atoms with Gasteiger partial charge in [0.25, 0.3) is 0 Å². The zero-order chi connectivity index (χ0) is 20.2. The molecule has 3 aromatic rings. The molecule has 0 saturated carbocycles. The summed E-state index contributed by atoms with van der Waals surface area (Å²) in [4.78, 5) is 21.6. The van der Waals surface area contributed by atoms with Crippen molar-refractivity contribution in [3.63, 3.8) is 0 Å². The number of amides is 1. The minimum absolute atomic E-state index is 0.153. The Labute approximate surface area is 175 Å². The lowest BCUT2D eigenvalue weighted by atomic mass is 10.1. The predicted molar refractivity (Wildman–Crippen MR) is 114 cm³/mol. The van der Waals surface area contributed by atoms with Gasteiger partial charge < -0.3 is 9.42 Å². The van der Waals surface area contributed by atoms with Gasteiger partial charge in [-0.1, -0.05) is 36.3 Å². The van der Waals surface area contributed by atoms with Gasteiger partial charge in [-0.15, -0.1) is 11.3 Å². The van der Waals surface area contributed by atoms with E-state index in [0.717, 1.165) is 66.9 Å². The Bertz CT molecular complexity index is 955. The molecule has 1 fully saturated rings. The Morgan fingerprint density at radius 1 is 1.14 bits per heavy atom. The van der Waals surface area contributed by atoms with E-state index in [0.29, 0.717) is 6.42 Å². The van der Waals surface area contributed by atoms with Crippen LogP contribution in [-0.2, 0) is 24.2 Å². The van der Waals surface area contributed by atoms with E-state index in [-0.39, 0.29) is 5.91 Å². The summed E-state index contributed by atoms with van der Waals surface area (Å²) in [6, 6.07) is 10.5. The van der Waals surface area contributed by atoms with E-state index in [1.165, 1.54) is 5.56 Å². The Hall–Kier alpha value is -2.51. The van der Waals surface area contributed by atoms with Crippen molar-refractivity contribution in [2.75, 3.05) is 26.2 Å². The highest BCUT2D eigenvalue weighted by Gasteiger charge is 2.22. The van der Waals surface area contributed by atoms with Gasteiger partial charge in [0, 0.05) is 49.7 Å². The highest BCUT2D eigenvalue weighted by molar-refractivity contribution is 7.13. The number of thiazole rings is 1. The molecule has 1 aromatic carbocycles. The number of rotatable bonds is 6. The number of hydrogen-bond acceptors (Lipinski definition) is 6. The lowest BCUT2D eigenvalue weighted by molar-refractivity contribution is -0.132. The van der Waals surface area contributed by atoms with Crippen molar-refractivity contribution in [2.45, 2.75) is 33.2 Å². The van der Waals surface area contributed by atoms with Gasteiger partial charge in [0.1, 0.15) is 10.8 Å². The second kappa shape index (κ2) is 8.88. The van der Waals surface area contributed by atoms with Crippen LogP contribution < -0.4 is 0 Å². The molecule has 152 valence electrons. The Morgan fingerprint density at radius 2 is 1.90 bits per heavy atom. The molecule has 1 aliphatic heterocycles. The summed E-state index contributed by atoms with van der Waals surface area (Å²) in [6.07, 6.45) is 1.40. The molecule has 7 heteroatoms. The summed E-state index contributed by atoms with van der Waals surface area (Å²) in [6.45, 7) is 8.00. The van der Waals surface area contributed by atoms with Crippen molar-refractivity contribution in [1.29, 1.82) is 0 Å². The third-order valence-electron chi connectivity index (χ3n) is 5.28. The van der Waals surface area contributed by atoms with Gasteiger partial charge in [-0.2, -0.15) is 0 Å². The third-order valence-corrected chi connectivity index (χ3v) is 6.22. The molecule has 29 heavy (non-hydrogen) atoms. The second-order valence-electron chi connectivity index (χ2n) is 7.46. The monoisotopic (exact) mass is 410 g/mol. The average Bonchev–Trinajstić information content (AvgIpc) is 3.37. The molecule has 0 aliphatic carbocycles. The van der Waals surface area contributed by atoms with Gasteiger partial charge in [0.15, 0.2) is 0 Å². The highest BCUT2D eigenvalue weighted by Crippen LogP contribution is 2.24. The number of aromatic nitrogens is 2. The van der Waals surface area contributed by atoms with Gasteiger partial charge in [0.2, 0.25) is 5.91 Å². The second-order valence-corrected chi connectivity index (χ2v) is 8.32. The Kier molecular flexibility index (Phi) is 6.06. The SMILES string of the molecule is CCc1ccc(-c2nc(CC(=O)N3CCN(Cc4cc(C)on4)CC3)cs2)cc1. The maximum absolute atomic E-state index is 12.7. The lowest BCUT2D eigenvalue weighted by Crippen LogP contribution is -2.48. The number of benzene rings is 1. The quantitative estimate of drug-likeness (QED) is 0.622. The van der Waals surface area contributed by atoms with Crippen LogP contribution >= 0.6 is 11.3 Å². The van der Waals surface area contributed by atoms with Crippen molar-refractivity contribution in [3.8, 4) is 10.6 Å². The fourth-order valence-electron chi connectivity index (χ4n) is 3.55. The fraction of sp³-hybridized carbons (Fsp3) is 0.409. The lowest BCUT2D eigenvalue weighted by Gasteiger charge is -2.34. The summed E-state index contributed by atoms with van der Waals surface area (Å²) in [5.41, 5.74) is 4.24. The van der Waals surface area contributed by atoms with Gasteiger partial charge >= 0.3 is 0 Å². The molecule has 1 amide bonds. The first-order chi connectivity index (χ1) is 14.1. The van der Waals surface area contributed by atoms with Crippen molar-refractivity contribution >= 4 is 17.2 Å². The molecule has 0 atom stereocenters. The molecule has 2 aromatic heterocycles. The van der Waals surface area contributed by atoms with Crippen LogP contribution in [0, 0.1) is 6.92 Å². The topological polar surface area (TPSA) is 62.5 Å². The highest BCUT2D eigenvalue weighted by atomic mass is 32.1. The molecule has 0 unspecified atom stereocenters. The molecule has 1 saturated heterocycles. The van der Waals surface area contributed by atoms with Crippen molar-refractivity contribution in [2.24, 2.45) is 0 Å². The number of aryl methyl sites for hydroxylation is 2. The smallest absolute Gasteiger partial charge is 0.228 e. The standard InChI is InChI=1S/C22H26N4O2S/c1-3-17-4-6-18(7-5-17)22-23-20(15-29-22)13-21(27)26-10-8-25(9-11-26)14-19-12-16(2)28-24-19/h4-7,12,15H,3,8-11,13-14H2,1-2H3. The van der Waals surface area contributed by atoms with Crippen LogP contribution in [0.15, 0.2) is 40.2 Å². The summed E-state index contributed by atoms with van der Waals surface area (Å²) < 4.78 is 5.13. The molecular formula is C22H26N4O2S. The van der Waals surface area contributed by atoms with Gasteiger partial charge in [-0.25, -0.2) is 4.98 Å². The van der Waals surface area contributed by atoms with E-state index < -0.39 is 0 Å². The third kappa shape index (κ3) is 4.92. The normalized spacial score (nSPS) is 15.0. The van der Waals surface area contributed by atoms with E-state index >= 15 is 0 Å². The van der Waals surface area contributed by atoms with E-state index in [4.69, 9.17) is 4.52 Å². The van der Waals surface area contributed by atoms with Gasteiger partial charge in [-0.05, 0) is 18.9 Å². The largest absolute Gasteiger partial charge is 0.361 e. The molecular weight excluding hydrogens is 384 g/mol. The zero-order valence-corrected chi connectivity index (χ0v) is 17.7. The number of nitrogens with zero attached hydrogens (tertiary/aromatic N) is 4. The summed E-state index contributed by atoms with van der Waals surface area (Å²) >= 11 is 1.60. The van der Waals surface area contributed by atoms with Gasteiger partial charge in [0.05, 0.1) is 17.8 Å².